The van der Waals surface area contributed by atoms with Crippen LogP contribution >= 0.6 is 0 Å². The number of rotatable bonds is 3. The molecule has 0 spiro atoms. The van der Waals surface area contributed by atoms with Gasteiger partial charge in [-0.1, -0.05) is 6.92 Å². The van der Waals surface area contributed by atoms with Gasteiger partial charge in [-0.2, -0.15) is 0 Å². The van der Waals surface area contributed by atoms with Crippen LogP contribution in [0.15, 0.2) is 18.3 Å². The van der Waals surface area contributed by atoms with E-state index in [1.54, 1.807) is 13.1 Å². The second kappa shape index (κ2) is 5.67. The van der Waals surface area contributed by atoms with Crippen LogP contribution in [-0.2, 0) is 0 Å². The molecule has 0 amide bonds. The maximum Gasteiger partial charge on any atom is 0.128 e. The van der Waals surface area contributed by atoms with Gasteiger partial charge in [0, 0.05) is 31.9 Å². The van der Waals surface area contributed by atoms with Crippen LogP contribution in [0.25, 0.3) is 0 Å². The fourth-order valence-corrected chi connectivity index (χ4v) is 2.54. The van der Waals surface area contributed by atoms with Crippen molar-refractivity contribution in [2.75, 3.05) is 31.1 Å². The number of nitrogens with zero attached hydrogens (tertiary/aromatic N) is 3. The van der Waals surface area contributed by atoms with E-state index in [4.69, 9.17) is 0 Å². The highest BCUT2D eigenvalue weighted by Gasteiger charge is 2.23. The van der Waals surface area contributed by atoms with E-state index in [0.717, 1.165) is 37.6 Å². The third-order valence-corrected chi connectivity index (χ3v) is 3.75. The average molecular weight is 249 g/mol. The van der Waals surface area contributed by atoms with Gasteiger partial charge in [0.05, 0.1) is 6.10 Å². The fourth-order valence-electron chi connectivity index (χ4n) is 2.54. The Hall–Kier alpha value is -1.13. The van der Waals surface area contributed by atoms with Crippen LogP contribution in [0, 0.1) is 0 Å². The highest BCUT2D eigenvalue weighted by molar-refractivity contribution is 5.42. The molecule has 1 fully saturated rings. The van der Waals surface area contributed by atoms with Crippen LogP contribution in [-0.4, -0.2) is 47.2 Å². The van der Waals surface area contributed by atoms with Crippen LogP contribution < -0.4 is 4.90 Å². The second-order valence-electron chi connectivity index (χ2n) is 5.05. The van der Waals surface area contributed by atoms with Gasteiger partial charge in [0.1, 0.15) is 5.82 Å². The summed E-state index contributed by atoms with van der Waals surface area (Å²) in [4.78, 5) is 9.22. The Morgan fingerprint density at radius 1 is 1.50 bits per heavy atom. The van der Waals surface area contributed by atoms with Crippen molar-refractivity contribution in [3.8, 4) is 0 Å². The number of aromatic nitrogens is 1. The van der Waals surface area contributed by atoms with E-state index in [0.29, 0.717) is 6.04 Å². The maximum absolute atomic E-state index is 9.62. The molecule has 1 aromatic heterocycles. The quantitative estimate of drug-likeness (QED) is 0.884. The number of hydrogen-bond donors (Lipinski definition) is 1. The average Bonchev–Trinajstić information content (AvgIpc) is 2.38. The molecule has 1 N–H and O–H groups in total. The first-order valence-corrected chi connectivity index (χ1v) is 6.74. The van der Waals surface area contributed by atoms with E-state index in [-0.39, 0.29) is 0 Å². The Bertz CT molecular complexity index is 394. The third kappa shape index (κ3) is 2.82. The van der Waals surface area contributed by atoms with E-state index in [2.05, 4.69) is 28.6 Å². The van der Waals surface area contributed by atoms with Crippen LogP contribution in [0.3, 0.4) is 0 Å². The number of aliphatic hydroxyl groups is 1. The standard InChI is InChI=1S/C14H23N3O/c1-4-16-7-8-17(10-11(16)2)14-9-13(12(3)18)5-6-15-14/h5-6,9,11-12,18H,4,7-8,10H2,1-3H3/t11?,12-/m1/s1. The molecular formula is C14H23N3O. The molecule has 2 atom stereocenters. The van der Waals surface area contributed by atoms with Crippen molar-refractivity contribution in [1.29, 1.82) is 0 Å². The van der Waals surface area contributed by atoms with Gasteiger partial charge in [0.2, 0.25) is 0 Å². The molecule has 1 aromatic rings. The summed E-state index contributed by atoms with van der Waals surface area (Å²) in [6, 6.07) is 4.43. The van der Waals surface area contributed by atoms with Gasteiger partial charge in [0.15, 0.2) is 0 Å². The predicted octanol–water partition coefficient (Wildman–Crippen LogP) is 1.67. The normalized spacial score (nSPS) is 23.1. The molecule has 2 heterocycles. The van der Waals surface area contributed by atoms with E-state index < -0.39 is 6.10 Å². The van der Waals surface area contributed by atoms with Crippen molar-refractivity contribution >= 4 is 5.82 Å². The van der Waals surface area contributed by atoms with Gasteiger partial charge in [-0.05, 0) is 38.1 Å². The second-order valence-corrected chi connectivity index (χ2v) is 5.05. The molecular weight excluding hydrogens is 226 g/mol. The molecule has 0 saturated carbocycles. The summed E-state index contributed by atoms with van der Waals surface area (Å²) >= 11 is 0. The lowest BCUT2D eigenvalue weighted by atomic mass is 10.1. The largest absolute Gasteiger partial charge is 0.389 e. The number of pyridine rings is 1. The molecule has 18 heavy (non-hydrogen) atoms. The minimum atomic E-state index is -0.430. The van der Waals surface area contributed by atoms with E-state index in [9.17, 15) is 5.11 Å². The number of anilines is 1. The first-order chi connectivity index (χ1) is 8.61. The molecule has 0 aromatic carbocycles. The summed E-state index contributed by atoms with van der Waals surface area (Å²) in [7, 11) is 0. The minimum absolute atomic E-state index is 0.430. The van der Waals surface area contributed by atoms with Crippen molar-refractivity contribution in [2.24, 2.45) is 0 Å². The van der Waals surface area contributed by atoms with Crippen molar-refractivity contribution in [3.63, 3.8) is 0 Å². The summed E-state index contributed by atoms with van der Waals surface area (Å²) in [6.07, 6.45) is 1.36. The number of piperazine rings is 1. The van der Waals surface area contributed by atoms with Crippen molar-refractivity contribution in [2.45, 2.75) is 32.9 Å². The van der Waals surface area contributed by atoms with Gasteiger partial charge in [-0.25, -0.2) is 4.98 Å². The lowest BCUT2D eigenvalue weighted by molar-refractivity contribution is 0.197. The SMILES string of the molecule is CCN1CCN(c2cc([C@@H](C)O)ccn2)CC1C. The molecule has 4 heteroatoms. The highest BCUT2D eigenvalue weighted by Crippen LogP contribution is 2.20. The third-order valence-electron chi connectivity index (χ3n) is 3.75. The topological polar surface area (TPSA) is 39.6 Å². The van der Waals surface area contributed by atoms with E-state index in [1.165, 1.54) is 0 Å². The molecule has 1 unspecified atom stereocenters. The summed E-state index contributed by atoms with van der Waals surface area (Å²) in [5.74, 6) is 0.982. The predicted molar refractivity (Wildman–Crippen MR) is 73.8 cm³/mol. The first-order valence-electron chi connectivity index (χ1n) is 6.74. The monoisotopic (exact) mass is 249 g/mol. The van der Waals surface area contributed by atoms with Gasteiger partial charge in [-0.3, -0.25) is 4.90 Å². The number of aliphatic hydroxyl groups excluding tert-OH is 1. The molecule has 4 nitrogen and oxygen atoms in total. The molecule has 0 bridgehead atoms. The Balaban J connectivity index is 2.10. The van der Waals surface area contributed by atoms with Gasteiger partial charge < -0.3 is 10.0 Å². The minimum Gasteiger partial charge on any atom is -0.389 e. The lowest BCUT2D eigenvalue weighted by Gasteiger charge is -2.40. The Morgan fingerprint density at radius 3 is 2.89 bits per heavy atom. The zero-order valence-electron chi connectivity index (χ0n) is 11.5. The van der Waals surface area contributed by atoms with Crippen LogP contribution in [0.2, 0.25) is 0 Å². The summed E-state index contributed by atoms with van der Waals surface area (Å²) in [5, 5.41) is 9.62. The molecule has 0 radical (unpaired) electrons. The van der Waals surface area contributed by atoms with Crippen molar-refractivity contribution < 1.29 is 5.11 Å². The number of likely N-dealkylation sites (N-methyl/N-ethyl adjacent to an activating group) is 1. The zero-order valence-corrected chi connectivity index (χ0v) is 11.5. The van der Waals surface area contributed by atoms with E-state index in [1.807, 2.05) is 12.1 Å². The molecule has 2 rings (SSSR count). The molecule has 1 saturated heterocycles. The maximum atomic E-state index is 9.62. The lowest BCUT2D eigenvalue weighted by Crippen LogP contribution is -2.52. The number of hydrogen-bond acceptors (Lipinski definition) is 4. The summed E-state index contributed by atoms with van der Waals surface area (Å²) in [5.41, 5.74) is 0.936. The summed E-state index contributed by atoms with van der Waals surface area (Å²) < 4.78 is 0. The summed E-state index contributed by atoms with van der Waals surface area (Å²) in [6.45, 7) is 10.5. The van der Waals surface area contributed by atoms with Gasteiger partial charge >= 0.3 is 0 Å². The smallest absolute Gasteiger partial charge is 0.128 e. The molecule has 1 aliphatic heterocycles. The van der Waals surface area contributed by atoms with Crippen LogP contribution in [0.4, 0.5) is 5.82 Å². The van der Waals surface area contributed by atoms with Crippen molar-refractivity contribution in [3.05, 3.63) is 23.9 Å². The van der Waals surface area contributed by atoms with Gasteiger partial charge in [0.25, 0.3) is 0 Å². The van der Waals surface area contributed by atoms with Gasteiger partial charge in [-0.15, -0.1) is 0 Å². The Kier molecular flexibility index (Phi) is 4.19. The first kappa shape index (κ1) is 13.3. The molecule has 100 valence electrons. The van der Waals surface area contributed by atoms with E-state index >= 15 is 0 Å². The Morgan fingerprint density at radius 2 is 2.28 bits per heavy atom. The van der Waals surface area contributed by atoms with Crippen LogP contribution in [0.1, 0.15) is 32.4 Å². The van der Waals surface area contributed by atoms with Crippen LogP contribution in [0.5, 0.6) is 0 Å². The highest BCUT2D eigenvalue weighted by atomic mass is 16.3. The van der Waals surface area contributed by atoms with Crippen molar-refractivity contribution in [1.82, 2.24) is 9.88 Å². The Labute approximate surface area is 109 Å². The zero-order chi connectivity index (χ0) is 13.1. The molecule has 1 aliphatic rings. The fraction of sp³-hybridized carbons (Fsp3) is 0.643. The molecule has 0 aliphatic carbocycles.